The Bertz CT molecular complexity index is 580. The van der Waals surface area contributed by atoms with Crippen LogP contribution in [-0.4, -0.2) is 10.9 Å². The summed E-state index contributed by atoms with van der Waals surface area (Å²) in [6.45, 7) is 3.83. The molecule has 0 bridgehead atoms. The van der Waals surface area contributed by atoms with Gasteiger partial charge in [-0.3, -0.25) is 4.79 Å². The van der Waals surface area contributed by atoms with Crippen molar-refractivity contribution in [2.75, 3.05) is 0 Å². The lowest BCUT2D eigenvalue weighted by atomic mass is 10.2. The predicted molar refractivity (Wildman–Crippen MR) is 69.2 cm³/mol. The van der Waals surface area contributed by atoms with E-state index in [2.05, 4.69) is 10.3 Å². The van der Waals surface area contributed by atoms with Crippen LogP contribution in [0.15, 0.2) is 24.3 Å². The Kier molecular flexibility index (Phi) is 3.72. The number of aryl methyl sites for hydroxylation is 2. The molecule has 1 aromatic heterocycles. The lowest BCUT2D eigenvalue weighted by Crippen LogP contribution is -2.23. The smallest absolute Gasteiger partial charge is 0.263 e. The molecule has 0 unspecified atom stereocenters. The minimum atomic E-state index is -0.310. The van der Waals surface area contributed by atoms with Crippen molar-refractivity contribution in [3.05, 3.63) is 51.2 Å². The van der Waals surface area contributed by atoms with E-state index < -0.39 is 0 Å². The number of nitrogens with one attached hydrogen (secondary N) is 1. The first-order chi connectivity index (χ1) is 8.58. The van der Waals surface area contributed by atoms with Crippen molar-refractivity contribution >= 4 is 17.2 Å². The van der Waals surface area contributed by atoms with Gasteiger partial charge in [-0.05, 0) is 19.9 Å². The number of nitrogens with zero attached hydrogens (tertiary/aromatic N) is 1. The van der Waals surface area contributed by atoms with E-state index in [1.165, 1.54) is 17.4 Å². The van der Waals surface area contributed by atoms with Crippen LogP contribution in [0.5, 0.6) is 0 Å². The fourth-order valence-corrected chi connectivity index (χ4v) is 2.48. The number of rotatable bonds is 3. The average molecular weight is 264 g/mol. The van der Waals surface area contributed by atoms with Crippen LogP contribution >= 0.6 is 11.3 Å². The second kappa shape index (κ2) is 5.27. The zero-order valence-electron chi connectivity index (χ0n) is 10.2. The molecule has 5 heteroatoms. The van der Waals surface area contributed by atoms with Gasteiger partial charge >= 0.3 is 0 Å². The number of amides is 1. The van der Waals surface area contributed by atoms with E-state index >= 15 is 0 Å². The maximum atomic E-state index is 13.4. The highest BCUT2D eigenvalue weighted by molar-refractivity contribution is 7.13. The van der Waals surface area contributed by atoms with Crippen LogP contribution in [0.1, 0.15) is 25.9 Å². The molecule has 0 saturated heterocycles. The Balaban J connectivity index is 2.05. The first-order valence-corrected chi connectivity index (χ1v) is 6.35. The van der Waals surface area contributed by atoms with Crippen LogP contribution in [0.4, 0.5) is 4.39 Å². The van der Waals surface area contributed by atoms with Crippen LogP contribution in [0, 0.1) is 19.7 Å². The highest BCUT2D eigenvalue weighted by Gasteiger charge is 2.13. The Morgan fingerprint density at radius 2 is 2.11 bits per heavy atom. The van der Waals surface area contributed by atoms with Crippen molar-refractivity contribution in [2.45, 2.75) is 20.4 Å². The van der Waals surface area contributed by atoms with Crippen molar-refractivity contribution < 1.29 is 9.18 Å². The number of carbonyl (C=O) groups excluding carboxylic acids is 1. The summed E-state index contributed by atoms with van der Waals surface area (Å²) >= 11 is 1.34. The molecule has 18 heavy (non-hydrogen) atoms. The van der Waals surface area contributed by atoms with Gasteiger partial charge in [0.2, 0.25) is 0 Å². The number of thiazole rings is 1. The molecule has 1 heterocycles. The number of carbonyl (C=O) groups is 1. The standard InChI is InChI=1S/C13H13FN2OS/c1-8-12(18-9(2)16-8)13(17)15-7-10-5-3-4-6-11(10)14/h3-6H,7H2,1-2H3,(H,15,17). The molecule has 3 nitrogen and oxygen atoms in total. The molecule has 0 radical (unpaired) electrons. The second-order valence-corrected chi connectivity index (χ2v) is 5.12. The molecule has 0 aliphatic rings. The molecule has 0 saturated carbocycles. The van der Waals surface area contributed by atoms with Crippen molar-refractivity contribution in [2.24, 2.45) is 0 Å². The van der Waals surface area contributed by atoms with Crippen LogP contribution in [0.3, 0.4) is 0 Å². The number of aromatic nitrogens is 1. The van der Waals surface area contributed by atoms with Crippen molar-refractivity contribution in [3.63, 3.8) is 0 Å². The summed E-state index contributed by atoms with van der Waals surface area (Å²) < 4.78 is 13.4. The van der Waals surface area contributed by atoms with Gasteiger partial charge in [0.25, 0.3) is 5.91 Å². The fourth-order valence-electron chi connectivity index (χ4n) is 1.64. The molecule has 2 rings (SSSR count). The lowest BCUT2D eigenvalue weighted by Gasteiger charge is -2.05. The van der Waals surface area contributed by atoms with E-state index in [0.29, 0.717) is 16.1 Å². The van der Waals surface area contributed by atoms with E-state index in [9.17, 15) is 9.18 Å². The van der Waals surface area contributed by atoms with Crippen LogP contribution < -0.4 is 5.32 Å². The largest absolute Gasteiger partial charge is 0.347 e. The van der Waals surface area contributed by atoms with Gasteiger partial charge in [-0.25, -0.2) is 9.37 Å². The number of hydrogen-bond acceptors (Lipinski definition) is 3. The molecular formula is C13H13FN2OS. The van der Waals surface area contributed by atoms with E-state index in [1.807, 2.05) is 6.92 Å². The van der Waals surface area contributed by atoms with Crippen molar-refractivity contribution in [1.82, 2.24) is 10.3 Å². The molecule has 0 spiro atoms. The molecule has 0 aliphatic heterocycles. The summed E-state index contributed by atoms with van der Waals surface area (Å²) in [4.78, 5) is 16.7. The zero-order valence-corrected chi connectivity index (χ0v) is 11.0. The summed E-state index contributed by atoms with van der Waals surface area (Å²) in [5.74, 6) is -0.517. The number of benzene rings is 1. The normalized spacial score (nSPS) is 10.4. The third kappa shape index (κ3) is 2.73. The summed E-state index contributed by atoms with van der Waals surface area (Å²) in [6.07, 6.45) is 0. The average Bonchev–Trinajstić information content (AvgIpc) is 2.67. The fraction of sp³-hybridized carbons (Fsp3) is 0.231. The summed E-state index contributed by atoms with van der Waals surface area (Å²) in [7, 11) is 0. The van der Waals surface area contributed by atoms with E-state index in [4.69, 9.17) is 0 Å². The SMILES string of the molecule is Cc1nc(C)c(C(=O)NCc2ccccc2F)s1. The summed E-state index contributed by atoms with van der Waals surface area (Å²) in [6, 6.07) is 6.40. The molecule has 1 aromatic carbocycles. The van der Waals surface area contributed by atoms with Crippen molar-refractivity contribution in [1.29, 1.82) is 0 Å². The Morgan fingerprint density at radius 3 is 2.72 bits per heavy atom. The minimum absolute atomic E-state index is 0.182. The monoisotopic (exact) mass is 264 g/mol. The number of hydrogen-bond donors (Lipinski definition) is 1. The zero-order chi connectivity index (χ0) is 13.1. The Labute approximate surface area is 109 Å². The van der Waals surface area contributed by atoms with Gasteiger partial charge in [0.1, 0.15) is 10.7 Å². The first kappa shape index (κ1) is 12.7. The predicted octanol–water partition coefficient (Wildman–Crippen LogP) is 2.83. The molecule has 0 atom stereocenters. The molecule has 2 aromatic rings. The molecule has 0 fully saturated rings. The van der Waals surface area contributed by atoms with Crippen molar-refractivity contribution in [3.8, 4) is 0 Å². The lowest BCUT2D eigenvalue weighted by molar-refractivity contribution is 0.0954. The maximum Gasteiger partial charge on any atom is 0.263 e. The minimum Gasteiger partial charge on any atom is -0.347 e. The third-order valence-electron chi connectivity index (χ3n) is 2.51. The summed E-state index contributed by atoms with van der Waals surface area (Å²) in [5.41, 5.74) is 1.19. The molecule has 0 aliphatic carbocycles. The van der Waals surface area contributed by atoms with Crippen LogP contribution in [0.2, 0.25) is 0 Å². The molecule has 1 amide bonds. The quantitative estimate of drug-likeness (QED) is 0.926. The molecular weight excluding hydrogens is 251 g/mol. The Hall–Kier alpha value is -1.75. The first-order valence-electron chi connectivity index (χ1n) is 5.53. The number of halogens is 1. The van der Waals surface area contributed by atoms with Crippen LogP contribution in [-0.2, 0) is 6.54 Å². The maximum absolute atomic E-state index is 13.4. The third-order valence-corrected chi connectivity index (χ3v) is 3.58. The van der Waals surface area contributed by atoms with E-state index in [1.54, 1.807) is 25.1 Å². The van der Waals surface area contributed by atoms with Gasteiger partial charge in [-0.1, -0.05) is 18.2 Å². The highest BCUT2D eigenvalue weighted by Crippen LogP contribution is 2.17. The van der Waals surface area contributed by atoms with E-state index in [-0.39, 0.29) is 18.3 Å². The van der Waals surface area contributed by atoms with Gasteiger partial charge in [0, 0.05) is 12.1 Å². The highest BCUT2D eigenvalue weighted by atomic mass is 32.1. The van der Waals surface area contributed by atoms with Gasteiger partial charge in [-0.15, -0.1) is 11.3 Å². The van der Waals surface area contributed by atoms with Gasteiger partial charge in [0.05, 0.1) is 10.7 Å². The Morgan fingerprint density at radius 1 is 1.39 bits per heavy atom. The van der Waals surface area contributed by atoms with E-state index in [0.717, 1.165) is 5.01 Å². The van der Waals surface area contributed by atoms with Gasteiger partial charge in [-0.2, -0.15) is 0 Å². The topological polar surface area (TPSA) is 42.0 Å². The summed E-state index contributed by atoms with van der Waals surface area (Å²) in [5, 5.41) is 3.55. The molecule has 94 valence electrons. The second-order valence-electron chi connectivity index (χ2n) is 3.92. The molecule has 1 N–H and O–H groups in total. The van der Waals surface area contributed by atoms with Gasteiger partial charge < -0.3 is 5.32 Å². The van der Waals surface area contributed by atoms with Gasteiger partial charge in [0.15, 0.2) is 0 Å². The van der Waals surface area contributed by atoms with Crippen LogP contribution in [0.25, 0.3) is 0 Å².